The van der Waals surface area contributed by atoms with Gasteiger partial charge in [-0.25, -0.2) is 0 Å². The van der Waals surface area contributed by atoms with E-state index in [0.29, 0.717) is 12.3 Å². The number of rotatable bonds is 3. The lowest BCUT2D eigenvalue weighted by Gasteiger charge is -2.10. The molecule has 0 aliphatic rings. The molecule has 0 atom stereocenters. The first-order chi connectivity index (χ1) is 8.56. The Balaban J connectivity index is 2.08. The SMILES string of the molecule is Cc1cc(CNc2ccc(O)cc2)cc(C)c1O. The fraction of sp³-hybridized carbons (Fsp3) is 0.200. The Morgan fingerprint density at radius 3 is 2.06 bits per heavy atom. The van der Waals surface area contributed by atoms with Gasteiger partial charge in [-0.1, -0.05) is 12.1 Å². The second kappa shape index (κ2) is 5.00. The molecule has 94 valence electrons. The Morgan fingerprint density at radius 1 is 0.944 bits per heavy atom. The van der Waals surface area contributed by atoms with Crippen LogP contribution in [0.3, 0.4) is 0 Å². The lowest BCUT2D eigenvalue weighted by Crippen LogP contribution is -2.00. The summed E-state index contributed by atoms with van der Waals surface area (Å²) in [5.41, 5.74) is 3.85. The van der Waals surface area contributed by atoms with Crippen molar-refractivity contribution >= 4 is 5.69 Å². The van der Waals surface area contributed by atoms with Gasteiger partial charge >= 0.3 is 0 Å². The number of hydrogen-bond acceptors (Lipinski definition) is 3. The van der Waals surface area contributed by atoms with Gasteiger partial charge < -0.3 is 15.5 Å². The van der Waals surface area contributed by atoms with Crippen molar-refractivity contribution in [2.75, 3.05) is 5.32 Å². The van der Waals surface area contributed by atoms with E-state index < -0.39 is 0 Å². The van der Waals surface area contributed by atoms with Gasteiger partial charge in [0.25, 0.3) is 0 Å². The van der Waals surface area contributed by atoms with Crippen molar-refractivity contribution in [3.05, 3.63) is 53.1 Å². The van der Waals surface area contributed by atoms with Crippen LogP contribution in [0.15, 0.2) is 36.4 Å². The fourth-order valence-electron chi connectivity index (χ4n) is 1.93. The second-order valence-corrected chi connectivity index (χ2v) is 4.48. The average Bonchev–Trinajstić information content (AvgIpc) is 2.35. The molecule has 0 heterocycles. The van der Waals surface area contributed by atoms with Crippen molar-refractivity contribution in [2.45, 2.75) is 20.4 Å². The summed E-state index contributed by atoms with van der Waals surface area (Å²) in [5.74, 6) is 0.625. The maximum atomic E-state index is 9.70. The molecule has 3 N–H and O–H groups in total. The van der Waals surface area contributed by atoms with E-state index in [1.54, 1.807) is 12.1 Å². The molecule has 0 aliphatic heterocycles. The molecule has 0 radical (unpaired) electrons. The molecule has 0 saturated carbocycles. The molecular weight excluding hydrogens is 226 g/mol. The van der Waals surface area contributed by atoms with Gasteiger partial charge in [0.15, 0.2) is 0 Å². The molecule has 3 heteroatoms. The normalized spacial score (nSPS) is 10.3. The number of phenols is 2. The highest BCUT2D eigenvalue weighted by molar-refractivity contribution is 5.48. The Kier molecular flexibility index (Phi) is 3.42. The minimum absolute atomic E-state index is 0.261. The summed E-state index contributed by atoms with van der Waals surface area (Å²) in [6.45, 7) is 4.48. The maximum Gasteiger partial charge on any atom is 0.121 e. The zero-order valence-electron chi connectivity index (χ0n) is 10.6. The molecule has 0 unspecified atom stereocenters. The summed E-state index contributed by atoms with van der Waals surface area (Å²) in [5, 5.41) is 22.2. The monoisotopic (exact) mass is 243 g/mol. The Bertz CT molecular complexity index is 524. The van der Waals surface area contributed by atoms with Gasteiger partial charge in [-0.2, -0.15) is 0 Å². The summed E-state index contributed by atoms with van der Waals surface area (Å²) >= 11 is 0. The van der Waals surface area contributed by atoms with E-state index in [9.17, 15) is 10.2 Å². The highest BCUT2D eigenvalue weighted by Gasteiger charge is 2.03. The van der Waals surface area contributed by atoms with Crippen molar-refractivity contribution in [1.29, 1.82) is 0 Å². The first-order valence-electron chi connectivity index (χ1n) is 5.88. The van der Waals surface area contributed by atoms with Crippen LogP contribution < -0.4 is 5.32 Å². The number of anilines is 1. The molecule has 0 bridgehead atoms. The van der Waals surface area contributed by atoms with Gasteiger partial charge in [-0.05, 0) is 54.8 Å². The summed E-state index contributed by atoms with van der Waals surface area (Å²) < 4.78 is 0. The number of nitrogens with one attached hydrogen (secondary N) is 1. The molecule has 3 nitrogen and oxygen atoms in total. The quantitative estimate of drug-likeness (QED) is 0.725. The maximum absolute atomic E-state index is 9.70. The standard InChI is InChI=1S/C15H17NO2/c1-10-7-12(8-11(2)15(10)18)9-16-13-3-5-14(17)6-4-13/h3-8,16-18H,9H2,1-2H3. The molecule has 0 spiro atoms. The summed E-state index contributed by atoms with van der Waals surface area (Å²) in [6, 6.07) is 10.9. The zero-order valence-corrected chi connectivity index (χ0v) is 10.6. The van der Waals surface area contributed by atoms with Gasteiger partial charge in [0, 0.05) is 12.2 Å². The summed E-state index contributed by atoms with van der Waals surface area (Å²) in [7, 11) is 0. The third-order valence-corrected chi connectivity index (χ3v) is 2.91. The molecule has 18 heavy (non-hydrogen) atoms. The van der Waals surface area contributed by atoms with Crippen molar-refractivity contribution in [3.8, 4) is 11.5 Å². The number of phenolic OH excluding ortho intramolecular Hbond substituents is 2. The van der Waals surface area contributed by atoms with E-state index in [2.05, 4.69) is 5.32 Å². The van der Waals surface area contributed by atoms with Gasteiger partial charge in [-0.15, -0.1) is 0 Å². The minimum atomic E-state index is 0.261. The molecule has 2 aromatic rings. The molecule has 2 aromatic carbocycles. The summed E-state index contributed by atoms with van der Waals surface area (Å²) in [6.07, 6.45) is 0. The van der Waals surface area contributed by atoms with Crippen LogP contribution in [-0.2, 0) is 6.54 Å². The van der Waals surface area contributed by atoms with E-state index >= 15 is 0 Å². The molecular formula is C15H17NO2. The fourth-order valence-corrected chi connectivity index (χ4v) is 1.93. The van der Waals surface area contributed by atoms with Crippen LogP contribution in [0.2, 0.25) is 0 Å². The molecule has 0 fully saturated rings. The predicted octanol–water partition coefficient (Wildman–Crippen LogP) is 3.33. The van der Waals surface area contributed by atoms with Crippen LogP contribution in [0.1, 0.15) is 16.7 Å². The number of aryl methyl sites for hydroxylation is 2. The lowest BCUT2D eigenvalue weighted by molar-refractivity contribution is 0.466. The van der Waals surface area contributed by atoms with E-state index in [4.69, 9.17) is 0 Å². The van der Waals surface area contributed by atoms with Crippen molar-refractivity contribution in [3.63, 3.8) is 0 Å². The predicted molar refractivity (Wildman–Crippen MR) is 73.0 cm³/mol. The third-order valence-electron chi connectivity index (χ3n) is 2.91. The van der Waals surface area contributed by atoms with Crippen molar-refractivity contribution in [1.82, 2.24) is 0 Å². The smallest absolute Gasteiger partial charge is 0.121 e. The molecule has 0 amide bonds. The van der Waals surface area contributed by atoms with E-state index in [0.717, 1.165) is 22.4 Å². The highest BCUT2D eigenvalue weighted by atomic mass is 16.3. The van der Waals surface area contributed by atoms with Crippen LogP contribution in [0.4, 0.5) is 5.69 Å². The van der Waals surface area contributed by atoms with E-state index in [-0.39, 0.29) is 5.75 Å². The van der Waals surface area contributed by atoms with Gasteiger partial charge in [-0.3, -0.25) is 0 Å². The second-order valence-electron chi connectivity index (χ2n) is 4.48. The van der Waals surface area contributed by atoms with Crippen LogP contribution in [0, 0.1) is 13.8 Å². The Hall–Kier alpha value is -2.16. The zero-order chi connectivity index (χ0) is 13.1. The van der Waals surface area contributed by atoms with Gasteiger partial charge in [0.05, 0.1) is 0 Å². The summed E-state index contributed by atoms with van der Waals surface area (Å²) in [4.78, 5) is 0. The number of aromatic hydroxyl groups is 2. The van der Waals surface area contributed by atoms with E-state index in [1.807, 2.05) is 38.1 Å². The van der Waals surface area contributed by atoms with Crippen molar-refractivity contribution < 1.29 is 10.2 Å². The molecule has 0 saturated heterocycles. The average molecular weight is 243 g/mol. The molecule has 0 aliphatic carbocycles. The van der Waals surface area contributed by atoms with Crippen LogP contribution >= 0.6 is 0 Å². The van der Waals surface area contributed by atoms with Crippen LogP contribution in [0.25, 0.3) is 0 Å². The largest absolute Gasteiger partial charge is 0.508 e. The first-order valence-corrected chi connectivity index (χ1v) is 5.88. The Morgan fingerprint density at radius 2 is 1.50 bits per heavy atom. The van der Waals surface area contributed by atoms with Crippen LogP contribution in [-0.4, -0.2) is 10.2 Å². The van der Waals surface area contributed by atoms with Gasteiger partial charge in [0.1, 0.15) is 11.5 Å². The highest BCUT2D eigenvalue weighted by Crippen LogP contribution is 2.23. The Labute approximate surface area is 107 Å². The lowest BCUT2D eigenvalue weighted by atomic mass is 10.1. The third kappa shape index (κ3) is 2.74. The number of benzene rings is 2. The van der Waals surface area contributed by atoms with Gasteiger partial charge in [0.2, 0.25) is 0 Å². The van der Waals surface area contributed by atoms with Crippen molar-refractivity contribution in [2.24, 2.45) is 0 Å². The first kappa shape index (κ1) is 12.3. The van der Waals surface area contributed by atoms with E-state index in [1.165, 1.54) is 0 Å². The number of hydrogen-bond donors (Lipinski definition) is 3. The minimum Gasteiger partial charge on any atom is -0.508 e. The molecule has 0 aromatic heterocycles. The molecule has 2 rings (SSSR count). The van der Waals surface area contributed by atoms with Crippen LogP contribution in [0.5, 0.6) is 11.5 Å². The topological polar surface area (TPSA) is 52.5 Å².